The van der Waals surface area contributed by atoms with Crippen molar-refractivity contribution in [2.75, 3.05) is 26.4 Å². The van der Waals surface area contributed by atoms with E-state index in [0.29, 0.717) is 18.9 Å². The monoisotopic (exact) mass is 455 g/mol. The molecule has 0 atom stereocenters. The molecule has 180 valence electrons. The molecule has 0 bridgehead atoms. The highest BCUT2D eigenvalue weighted by molar-refractivity contribution is 6.05. The first-order valence-electron chi connectivity index (χ1n) is 11.8. The Kier molecular flexibility index (Phi) is 7.95. The summed E-state index contributed by atoms with van der Waals surface area (Å²) in [6, 6.07) is 7.86. The fraction of sp³-hybridized carbons (Fsp3) is 0.577. The number of aryl methyl sites for hydroxylation is 2. The topological polar surface area (TPSA) is 73.7 Å². The first kappa shape index (κ1) is 25.0. The Morgan fingerprint density at radius 1 is 1.18 bits per heavy atom. The standard InChI is InChI=1S/C26H37N3O4/c1-7-32-14-12-19-8-11-22(18(2)16-19)33-15-13-29(24(30)20-9-10-20)25(31)21-17-23(26(3,4)5)27-28(21)6/h8,11,16-17,20H,7,9-10,12-15H2,1-6H3. The minimum Gasteiger partial charge on any atom is -0.491 e. The van der Waals surface area contributed by atoms with Crippen LogP contribution in [0.4, 0.5) is 0 Å². The Morgan fingerprint density at radius 3 is 2.48 bits per heavy atom. The third kappa shape index (κ3) is 6.44. The van der Waals surface area contributed by atoms with Gasteiger partial charge in [0.1, 0.15) is 18.1 Å². The number of rotatable bonds is 10. The maximum atomic E-state index is 13.3. The van der Waals surface area contributed by atoms with Gasteiger partial charge in [-0.15, -0.1) is 0 Å². The number of hydrogen-bond donors (Lipinski definition) is 0. The summed E-state index contributed by atoms with van der Waals surface area (Å²) in [6.45, 7) is 12.0. The zero-order chi connectivity index (χ0) is 24.2. The average molecular weight is 456 g/mol. The Bertz CT molecular complexity index is 986. The van der Waals surface area contributed by atoms with Gasteiger partial charge in [0.25, 0.3) is 5.91 Å². The number of aromatic nitrogens is 2. The molecule has 1 saturated carbocycles. The Balaban J connectivity index is 1.67. The third-order valence-electron chi connectivity index (χ3n) is 5.86. The quantitative estimate of drug-likeness (QED) is 0.399. The molecule has 1 aromatic carbocycles. The van der Waals surface area contributed by atoms with Crippen molar-refractivity contribution in [3.05, 3.63) is 46.8 Å². The third-order valence-corrected chi connectivity index (χ3v) is 5.86. The van der Waals surface area contributed by atoms with Gasteiger partial charge in [0, 0.05) is 25.0 Å². The van der Waals surface area contributed by atoms with Crippen LogP contribution in [0.5, 0.6) is 5.75 Å². The van der Waals surface area contributed by atoms with E-state index in [9.17, 15) is 9.59 Å². The Labute approximate surface area is 197 Å². The number of ether oxygens (including phenoxy) is 2. The van der Waals surface area contributed by atoms with Gasteiger partial charge in [-0.2, -0.15) is 5.10 Å². The van der Waals surface area contributed by atoms with Crippen LogP contribution in [0, 0.1) is 12.8 Å². The first-order valence-corrected chi connectivity index (χ1v) is 11.8. The number of carbonyl (C=O) groups is 2. The molecule has 3 rings (SSSR count). The van der Waals surface area contributed by atoms with E-state index in [1.165, 1.54) is 10.5 Å². The van der Waals surface area contributed by atoms with E-state index in [1.54, 1.807) is 17.8 Å². The molecule has 0 radical (unpaired) electrons. The van der Waals surface area contributed by atoms with Gasteiger partial charge in [0.15, 0.2) is 0 Å². The molecule has 0 N–H and O–H groups in total. The van der Waals surface area contributed by atoms with Crippen LogP contribution in [0.2, 0.25) is 0 Å². The van der Waals surface area contributed by atoms with Crippen molar-refractivity contribution < 1.29 is 19.1 Å². The van der Waals surface area contributed by atoms with Gasteiger partial charge in [-0.3, -0.25) is 19.2 Å². The van der Waals surface area contributed by atoms with Crippen LogP contribution in [-0.4, -0.2) is 52.9 Å². The minimum atomic E-state index is -0.316. The van der Waals surface area contributed by atoms with E-state index in [4.69, 9.17) is 9.47 Å². The summed E-state index contributed by atoms with van der Waals surface area (Å²) in [7, 11) is 1.75. The molecule has 1 heterocycles. The molecule has 2 aromatic rings. The van der Waals surface area contributed by atoms with Crippen LogP contribution in [0.25, 0.3) is 0 Å². The number of carbonyl (C=O) groups excluding carboxylic acids is 2. The molecule has 2 amide bonds. The molecule has 0 unspecified atom stereocenters. The number of hydrogen-bond acceptors (Lipinski definition) is 5. The van der Waals surface area contributed by atoms with E-state index in [-0.39, 0.29) is 36.3 Å². The van der Waals surface area contributed by atoms with Crippen LogP contribution in [0.3, 0.4) is 0 Å². The van der Waals surface area contributed by atoms with E-state index in [0.717, 1.165) is 36.3 Å². The molecule has 7 heteroatoms. The van der Waals surface area contributed by atoms with Gasteiger partial charge >= 0.3 is 0 Å². The van der Waals surface area contributed by atoms with Gasteiger partial charge in [0.05, 0.1) is 18.8 Å². The van der Waals surface area contributed by atoms with Crippen molar-refractivity contribution in [1.29, 1.82) is 0 Å². The normalized spacial score (nSPS) is 13.8. The molecular formula is C26H37N3O4. The highest BCUT2D eigenvalue weighted by Gasteiger charge is 2.37. The maximum absolute atomic E-state index is 13.3. The molecule has 0 saturated heterocycles. The van der Waals surface area contributed by atoms with Crippen LogP contribution in [0.1, 0.15) is 67.8 Å². The lowest BCUT2D eigenvalue weighted by Crippen LogP contribution is -2.41. The maximum Gasteiger partial charge on any atom is 0.278 e. The van der Waals surface area contributed by atoms with E-state index in [2.05, 4.69) is 31.9 Å². The fourth-order valence-electron chi connectivity index (χ4n) is 3.64. The molecule has 1 aromatic heterocycles. The summed E-state index contributed by atoms with van der Waals surface area (Å²) in [5.74, 6) is 0.265. The summed E-state index contributed by atoms with van der Waals surface area (Å²) in [6.07, 6.45) is 2.53. The Morgan fingerprint density at radius 2 is 1.91 bits per heavy atom. The van der Waals surface area contributed by atoms with E-state index < -0.39 is 0 Å². The van der Waals surface area contributed by atoms with Gasteiger partial charge in [-0.05, 0) is 56.4 Å². The van der Waals surface area contributed by atoms with Crippen molar-refractivity contribution >= 4 is 11.8 Å². The first-order chi connectivity index (χ1) is 15.6. The van der Waals surface area contributed by atoms with Gasteiger partial charge < -0.3 is 9.47 Å². The van der Waals surface area contributed by atoms with E-state index >= 15 is 0 Å². The van der Waals surface area contributed by atoms with Gasteiger partial charge in [-0.1, -0.05) is 32.9 Å². The molecule has 0 aliphatic heterocycles. The predicted molar refractivity (Wildman–Crippen MR) is 128 cm³/mol. The van der Waals surface area contributed by atoms with Crippen LogP contribution in [-0.2, 0) is 28.4 Å². The second-order valence-electron chi connectivity index (χ2n) is 9.75. The van der Waals surface area contributed by atoms with Crippen molar-refractivity contribution in [2.24, 2.45) is 13.0 Å². The number of benzene rings is 1. The molecule has 1 aliphatic carbocycles. The summed E-state index contributed by atoms with van der Waals surface area (Å²) >= 11 is 0. The Hall–Kier alpha value is -2.67. The summed E-state index contributed by atoms with van der Waals surface area (Å²) in [5, 5.41) is 4.50. The molecule has 33 heavy (non-hydrogen) atoms. The highest BCUT2D eigenvalue weighted by atomic mass is 16.5. The van der Waals surface area contributed by atoms with Gasteiger partial charge in [0.2, 0.25) is 5.91 Å². The zero-order valence-electron chi connectivity index (χ0n) is 20.8. The van der Waals surface area contributed by atoms with Crippen molar-refractivity contribution in [1.82, 2.24) is 14.7 Å². The zero-order valence-corrected chi connectivity index (χ0v) is 20.8. The molecule has 1 fully saturated rings. The largest absolute Gasteiger partial charge is 0.491 e. The number of amides is 2. The molecule has 0 spiro atoms. The highest BCUT2D eigenvalue weighted by Crippen LogP contribution is 2.32. The second-order valence-corrected chi connectivity index (χ2v) is 9.75. The van der Waals surface area contributed by atoms with E-state index in [1.807, 2.05) is 26.0 Å². The predicted octanol–water partition coefficient (Wildman–Crippen LogP) is 4.06. The van der Waals surface area contributed by atoms with Crippen LogP contribution in [0.15, 0.2) is 24.3 Å². The average Bonchev–Trinajstić information content (AvgIpc) is 3.52. The van der Waals surface area contributed by atoms with Crippen molar-refractivity contribution in [3.63, 3.8) is 0 Å². The minimum absolute atomic E-state index is 0.0596. The smallest absolute Gasteiger partial charge is 0.278 e. The van der Waals surface area contributed by atoms with Crippen molar-refractivity contribution in [3.8, 4) is 5.75 Å². The lowest BCUT2D eigenvalue weighted by atomic mass is 9.92. The summed E-state index contributed by atoms with van der Waals surface area (Å²) < 4.78 is 13.0. The molecule has 1 aliphatic rings. The molecular weight excluding hydrogens is 418 g/mol. The molecule has 7 nitrogen and oxygen atoms in total. The van der Waals surface area contributed by atoms with Crippen LogP contribution < -0.4 is 4.74 Å². The fourth-order valence-corrected chi connectivity index (χ4v) is 3.64. The summed E-state index contributed by atoms with van der Waals surface area (Å²) in [4.78, 5) is 27.6. The summed E-state index contributed by atoms with van der Waals surface area (Å²) in [5.41, 5.74) is 3.28. The lowest BCUT2D eigenvalue weighted by Gasteiger charge is -2.21. The second kappa shape index (κ2) is 10.5. The SMILES string of the molecule is CCOCCc1ccc(OCCN(C(=O)c2cc(C(C)(C)C)nn2C)C(=O)C2CC2)c(C)c1. The van der Waals surface area contributed by atoms with Gasteiger partial charge in [-0.25, -0.2) is 0 Å². The van der Waals surface area contributed by atoms with Crippen LogP contribution >= 0.6 is 0 Å². The lowest BCUT2D eigenvalue weighted by molar-refractivity contribution is -0.130. The number of nitrogens with zero attached hydrogens (tertiary/aromatic N) is 3. The van der Waals surface area contributed by atoms with Crippen molar-refractivity contribution in [2.45, 2.75) is 59.3 Å². The number of imide groups is 1.